The van der Waals surface area contributed by atoms with Crippen molar-refractivity contribution in [1.82, 2.24) is 0 Å². The van der Waals surface area contributed by atoms with E-state index in [1.54, 1.807) is 0 Å². The van der Waals surface area contributed by atoms with Gasteiger partial charge in [0.1, 0.15) is 5.60 Å². The van der Waals surface area contributed by atoms with Gasteiger partial charge in [0.15, 0.2) is 0 Å². The highest BCUT2D eigenvalue weighted by Gasteiger charge is 2.56. The zero-order chi connectivity index (χ0) is 18.4. The summed E-state index contributed by atoms with van der Waals surface area (Å²) in [6.07, 6.45) is 3.74. The molecule has 1 saturated heterocycles. The molecule has 1 atom stereocenters. The molecule has 138 valence electrons. The summed E-state index contributed by atoms with van der Waals surface area (Å²) in [5, 5.41) is 0. The maximum atomic E-state index is 12.9. The molecule has 1 aliphatic heterocycles. The first kappa shape index (κ1) is 19.3. The number of esters is 2. The number of carbonyl (C=O) groups excluding carboxylic acids is 2. The van der Waals surface area contributed by atoms with Gasteiger partial charge in [-0.15, -0.1) is 0 Å². The van der Waals surface area contributed by atoms with Crippen LogP contribution >= 0.6 is 0 Å². The third-order valence-corrected chi connectivity index (χ3v) is 5.85. The fourth-order valence-corrected chi connectivity index (χ4v) is 4.86. The predicted octanol–water partition coefficient (Wildman–Crippen LogP) is 4.50. The highest BCUT2D eigenvalue weighted by molar-refractivity contribution is 5.77. The number of carbonyl (C=O) groups is 2. The van der Waals surface area contributed by atoms with E-state index in [0.717, 1.165) is 25.7 Å². The second-order valence-electron chi connectivity index (χ2n) is 10.1. The van der Waals surface area contributed by atoms with Crippen LogP contribution < -0.4 is 0 Å². The molecule has 0 aromatic carbocycles. The minimum atomic E-state index is -0.610. The summed E-state index contributed by atoms with van der Waals surface area (Å²) in [4.78, 5) is 24.6. The lowest BCUT2D eigenvalue weighted by Crippen LogP contribution is -2.54. The molecule has 2 rings (SSSR count). The molecule has 1 aliphatic carbocycles. The van der Waals surface area contributed by atoms with E-state index in [1.165, 1.54) is 0 Å². The Bertz CT molecular complexity index is 500. The Hall–Kier alpha value is -1.06. The van der Waals surface area contributed by atoms with Crippen LogP contribution in [0.25, 0.3) is 0 Å². The predicted molar refractivity (Wildman–Crippen MR) is 93.4 cm³/mol. The molecule has 2 fully saturated rings. The van der Waals surface area contributed by atoms with Gasteiger partial charge in [-0.05, 0) is 50.4 Å². The monoisotopic (exact) mass is 338 g/mol. The van der Waals surface area contributed by atoms with Gasteiger partial charge < -0.3 is 9.47 Å². The third-order valence-electron chi connectivity index (χ3n) is 5.85. The van der Waals surface area contributed by atoms with Crippen molar-refractivity contribution < 1.29 is 19.1 Å². The highest BCUT2D eigenvalue weighted by Crippen LogP contribution is 2.55. The Balaban J connectivity index is 2.38. The zero-order valence-corrected chi connectivity index (χ0v) is 16.5. The maximum Gasteiger partial charge on any atom is 0.312 e. The molecule has 0 aromatic rings. The maximum absolute atomic E-state index is 12.9. The number of cyclic esters (lactones) is 1. The second kappa shape index (κ2) is 6.03. The molecule has 1 heterocycles. The molecule has 24 heavy (non-hydrogen) atoms. The first-order chi connectivity index (χ1) is 10.8. The van der Waals surface area contributed by atoms with E-state index in [-0.39, 0.29) is 28.7 Å². The molecule has 1 unspecified atom stereocenters. The molecule has 4 nitrogen and oxygen atoms in total. The minimum absolute atomic E-state index is 0.0412. The van der Waals surface area contributed by atoms with Gasteiger partial charge in [-0.25, -0.2) is 0 Å². The quantitative estimate of drug-likeness (QED) is 0.708. The lowest BCUT2D eigenvalue weighted by atomic mass is 9.56. The number of hydrogen-bond donors (Lipinski definition) is 0. The van der Waals surface area contributed by atoms with Crippen LogP contribution in [0.15, 0.2) is 0 Å². The molecule has 0 amide bonds. The SMILES string of the molecule is CCC(C)(C)C(=O)OC1(C2COC(=O)C2)CC(C)(C)CC(C)(C)C1. The first-order valence-corrected chi connectivity index (χ1v) is 9.20. The van der Waals surface area contributed by atoms with Crippen LogP contribution in [0.5, 0.6) is 0 Å². The van der Waals surface area contributed by atoms with Crippen LogP contribution in [0.1, 0.15) is 80.6 Å². The summed E-state index contributed by atoms with van der Waals surface area (Å²) < 4.78 is 11.5. The molecule has 0 N–H and O–H groups in total. The Kier molecular flexibility index (Phi) is 4.84. The Morgan fingerprint density at radius 2 is 1.71 bits per heavy atom. The molecular formula is C20H34O4. The summed E-state index contributed by atoms with van der Waals surface area (Å²) in [5.41, 5.74) is -1.00. The van der Waals surface area contributed by atoms with E-state index >= 15 is 0 Å². The molecule has 0 radical (unpaired) electrons. The van der Waals surface area contributed by atoms with E-state index in [0.29, 0.717) is 13.0 Å². The molecule has 0 bridgehead atoms. The van der Waals surface area contributed by atoms with Crippen molar-refractivity contribution >= 4 is 11.9 Å². The van der Waals surface area contributed by atoms with Gasteiger partial charge in [0.05, 0.1) is 18.4 Å². The fourth-order valence-electron chi connectivity index (χ4n) is 4.86. The molecule has 4 heteroatoms. The van der Waals surface area contributed by atoms with Gasteiger partial charge >= 0.3 is 11.9 Å². The van der Waals surface area contributed by atoms with E-state index in [9.17, 15) is 9.59 Å². The Morgan fingerprint density at radius 3 is 2.12 bits per heavy atom. The normalized spacial score (nSPS) is 28.3. The van der Waals surface area contributed by atoms with E-state index in [2.05, 4.69) is 27.7 Å². The largest absolute Gasteiger partial charge is 0.465 e. The third kappa shape index (κ3) is 3.94. The molecule has 1 saturated carbocycles. The average Bonchev–Trinajstić information content (AvgIpc) is 2.82. The standard InChI is InChI=1S/C20H34O4/c1-8-19(6,7)16(22)24-20(14-9-15(21)23-10-14)12-17(2,3)11-18(4,5)13-20/h14H,8-13H2,1-7H3. The Labute approximate surface area is 146 Å². The summed E-state index contributed by atoms with van der Waals surface area (Å²) in [7, 11) is 0. The minimum Gasteiger partial charge on any atom is -0.465 e. The molecule has 2 aliphatic rings. The van der Waals surface area contributed by atoms with Gasteiger partial charge in [0.25, 0.3) is 0 Å². The van der Waals surface area contributed by atoms with Gasteiger partial charge in [0.2, 0.25) is 0 Å². The van der Waals surface area contributed by atoms with Crippen LogP contribution in [0.4, 0.5) is 0 Å². The topological polar surface area (TPSA) is 52.6 Å². The lowest BCUT2D eigenvalue weighted by Gasteiger charge is -2.53. The van der Waals surface area contributed by atoms with E-state index in [4.69, 9.17) is 9.47 Å². The first-order valence-electron chi connectivity index (χ1n) is 9.20. The zero-order valence-electron chi connectivity index (χ0n) is 16.5. The van der Waals surface area contributed by atoms with Crippen LogP contribution in [-0.4, -0.2) is 24.1 Å². The van der Waals surface area contributed by atoms with Gasteiger partial charge in [0, 0.05) is 5.92 Å². The fraction of sp³-hybridized carbons (Fsp3) is 0.900. The smallest absolute Gasteiger partial charge is 0.312 e. The molecule has 0 spiro atoms. The van der Waals surface area contributed by atoms with E-state index < -0.39 is 11.0 Å². The Morgan fingerprint density at radius 1 is 1.17 bits per heavy atom. The summed E-state index contributed by atoms with van der Waals surface area (Å²) in [6.45, 7) is 15.2. The van der Waals surface area contributed by atoms with Crippen molar-refractivity contribution in [2.45, 2.75) is 86.2 Å². The average molecular weight is 338 g/mol. The van der Waals surface area contributed by atoms with Crippen molar-refractivity contribution in [1.29, 1.82) is 0 Å². The highest BCUT2D eigenvalue weighted by atomic mass is 16.6. The summed E-state index contributed by atoms with van der Waals surface area (Å²) in [5.74, 6) is -0.371. The van der Waals surface area contributed by atoms with E-state index in [1.807, 2.05) is 20.8 Å². The summed E-state index contributed by atoms with van der Waals surface area (Å²) >= 11 is 0. The van der Waals surface area contributed by atoms with Crippen LogP contribution in [-0.2, 0) is 19.1 Å². The number of hydrogen-bond acceptors (Lipinski definition) is 4. The molecular weight excluding hydrogens is 304 g/mol. The van der Waals surface area contributed by atoms with Crippen molar-refractivity contribution in [2.24, 2.45) is 22.2 Å². The second-order valence-corrected chi connectivity index (χ2v) is 10.1. The van der Waals surface area contributed by atoms with Gasteiger partial charge in [-0.3, -0.25) is 9.59 Å². The van der Waals surface area contributed by atoms with Crippen LogP contribution in [0, 0.1) is 22.2 Å². The number of ether oxygens (including phenoxy) is 2. The van der Waals surface area contributed by atoms with Crippen molar-refractivity contribution in [2.75, 3.05) is 6.61 Å². The van der Waals surface area contributed by atoms with Crippen molar-refractivity contribution in [3.63, 3.8) is 0 Å². The number of rotatable bonds is 4. The summed E-state index contributed by atoms with van der Waals surface area (Å²) in [6, 6.07) is 0. The van der Waals surface area contributed by atoms with Crippen molar-refractivity contribution in [3.8, 4) is 0 Å². The van der Waals surface area contributed by atoms with Crippen molar-refractivity contribution in [3.05, 3.63) is 0 Å². The van der Waals surface area contributed by atoms with Gasteiger partial charge in [-0.2, -0.15) is 0 Å². The van der Waals surface area contributed by atoms with Crippen LogP contribution in [0.3, 0.4) is 0 Å². The lowest BCUT2D eigenvalue weighted by molar-refractivity contribution is -0.196. The van der Waals surface area contributed by atoms with Crippen LogP contribution in [0.2, 0.25) is 0 Å². The molecule has 0 aromatic heterocycles. The van der Waals surface area contributed by atoms with Gasteiger partial charge in [-0.1, -0.05) is 34.6 Å².